The van der Waals surface area contributed by atoms with Gasteiger partial charge in [-0.1, -0.05) is 60.7 Å². The molecule has 7 rings (SSSR count). The molecule has 0 aliphatic carbocycles. The van der Waals surface area contributed by atoms with Gasteiger partial charge < -0.3 is 29.1 Å². The van der Waals surface area contributed by atoms with Crippen LogP contribution >= 0.6 is 0 Å². The summed E-state index contributed by atoms with van der Waals surface area (Å²) in [4.78, 5) is 4.43. The molecule has 0 bridgehead atoms. The lowest BCUT2D eigenvalue weighted by atomic mass is 9.99. The molecule has 0 saturated heterocycles. The molecule has 0 aliphatic heterocycles. The number of ether oxygens (including phenoxy) is 3. The van der Waals surface area contributed by atoms with Crippen LogP contribution in [0.1, 0.15) is 16.7 Å². The Bertz CT molecular complexity index is 2100. The van der Waals surface area contributed by atoms with Crippen molar-refractivity contribution in [1.29, 1.82) is 0 Å². The van der Waals surface area contributed by atoms with Crippen molar-refractivity contribution in [3.63, 3.8) is 0 Å². The number of hydrogen-bond acceptors (Lipinski definition) is 6. The third-order valence-electron chi connectivity index (χ3n) is 9.38. The third-order valence-corrected chi connectivity index (χ3v) is 9.38. The number of hydrogen-bond donors (Lipinski definition) is 1. The van der Waals surface area contributed by atoms with E-state index >= 15 is 0 Å². The number of aliphatic hydroxyl groups is 1. The van der Waals surface area contributed by atoms with Crippen LogP contribution in [0.4, 0.5) is 34.1 Å². The molecular formula is C47H42N2O4. The van der Waals surface area contributed by atoms with Crippen LogP contribution in [0.5, 0.6) is 17.2 Å². The molecule has 0 aliphatic rings. The second kappa shape index (κ2) is 16.2. The van der Waals surface area contributed by atoms with Crippen molar-refractivity contribution in [3.05, 3.63) is 187 Å². The van der Waals surface area contributed by atoms with Crippen molar-refractivity contribution in [2.45, 2.75) is 13.0 Å². The largest absolute Gasteiger partial charge is 0.497 e. The lowest BCUT2D eigenvalue weighted by Crippen LogP contribution is -2.10. The van der Waals surface area contributed by atoms with Gasteiger partial charge in [-0.05, 0) is 143 Å². The maximum absolute atomic E-state index is 9.58. The minimum atomic E-state index is 0.0120. The highest BCUT2D eigenvalue weighted by Gasteiger charge is 2.15. The van der Waals surface area contributed by atoms with Gasteiger partial charge >= 0.3 is 0 Å². The van der Waals surface area contributed by atoms with Gasteiger partial charge in [0.15, 0.2) is 0 Å². The molecule has 1 N–H and O–H groups in total. The molecule has 7 aromatic rings. The number of anilines is 6. The average Bonchev–Trinajstić information content (AvgIpc) is 3.23. The molecule has 53 heavy (non-hydrogen) atoms. The van der Waals surface area contributed by atoms with E-state index in [1.54, 1.807) is 21.3 Å². The van der Waals surface area contributed by atoms with E-state index in [1.807, 2.05) is 60.7 Å². The topological polar surface area (TPSA) is 54.4 Å². The van der Waals surface area contributed by atoms with E-state index in [4.69, 9.17) is 14.2 Å². The number of aliphatic hydroxyl groups excluding tert-OH is 1. The number of rotatable bonds is 13. The summed E-state index contributed by atoms with van der Waals surface area (Å²) >= 11 is 0. The predicted octanol–water partition coefficient (Wildman–Crippen LogP) is 11.4. The maximum atomic E-state index is 9.58. The summed E-state index contributed by atoms with van der Waals surface area (Å²) in [5, 5.41) is 9.58. The molecule has 0 aromatic heterocycles. The van der Waals surface area contributed by atoms with Crippen LogP contribution in [0.25, 0.3) is 11.1 Å². The van der Waals surface area contributed by atoms with E-state index < -0.39 is 0 Å². The summed E-state index contributed by atoms with van der Waals surface area (Å²) in [5.74, 6) is 2.45. The first-order valence-electron chi connectivity index (χ1n) is 17.6. The van der Waals surface area contributed by atoms with E-state index in [2.05, 4.69) is 119 Å². The summed E-state index contributed by atoms with van der Waals surface area (Å²) in [6.45, 7) is 0.0120. The number of benzene rings is 7. The summed E-state index contributed by atoms with van der Waals surface area (Å²) in [5.41, 5.74) is 11.9. The Morgan fingerprint density at radius 3 is 0.887 bits per heavy atom. The van der Waals surface area contributed by atoms with Crippen LogP contribution in [-0.2, 0) is 13.0 Å². The Labute approximate surface area is 311 Å². The Morgan fingerprint density at radius 1 is 0.340 bits per heavy atom. The third kappa shape index (κ3) is 8.04. The zero-order valence-corrected chi connectivity index (χ0v) is 30.1. The molecule has 0 unspecified atom stereocenters. The molecule has 6 heteroatoms. The van der Waals surface area contributed by atoms with E-state index in [0.717, 1.165) is 74.5 Å². The fourth-order valence-electron chi connectivity index (χ4n) is 6.46. The standard InChI is InChI=1S/C47H42N2O4/c1-51-45-26-20-42(21-27-45)48(40-16-8-36(33-50)9-17-40)41-18-12-38(13-19-41)37-10-4-34(5-11-37)32-35-6-14-39(15-7-35)49(43-22-28-46(52-2)29-23-43)44-24-30-47(53-3)31-25-44/h4-31,50H,32-33H2,1-3H3. The van der Waals surface area contributed by atoms with Crippen LogP contribution in [0, 0.1) is 0 Å². The SMILES string of the molecule is COc1ccc(N(c2ccc(Cc3ccc(-c4ccc(N(c5ccc(CO)cc5)c5ccc(OC)cc5)cc4)cc3)cc2)c2ccc(OC)cc2)cc1. The molecule has 0 radical (unpaired) electrons. The molecule has 0 atom stereocenters. The Hall–Kier alpha value is -6.50. The molecule has 0 spiro atoms. The van der Waals surface area contributed by atoms with E-state index in [9.17, 15) is 5.11 Å². The zero-order chi connectivity index (χ0) is 36.6. The lowest BCUT2D eigenvalue weighted by Gasteiger charge is -2.26. The van der Waals surface area contributed by atoms with Gasteiger partial charge in [-0.25, -0.2) is 0 Å². The Balaban J connectivity index is 1.08. The highest BCUT2D eigenvalue weighted by Crippen LogP contribution is 2.38. The molecule has 0 amide bonds. The zero-order valence-electron chi connectivity index (χ0n) is 30.1. The number of nitrogens with zero attached hydrogens (tertiary/aromatic N) is 2. The minimum Gasteiger partial charge on any atom is -0.497 e. The molecule has 0 heterocycles. The van der Waals surface area contributed by atoms with Gasteiger partial charge in [-0.2, -0.15) is 0 Å². The van der Waals surface area contributed by atoms with Crippen molar-refractivity contribution in [1.82, 2.24) is 0 Å². The van der Waals surface area contributed by atoms with Gasteiger partial charge in [0, 0.05) is 34.1 Å². The van der Waals surface area contributed by atoms with Gasteiger partial charge in [-0.15, -0.1) is 0 Å². The van der Waals surface area contributed by atoms with Gasteiger partial charge in [-0.3, -0.25) is 0 Å². The first kappa shape index (κ1) is 34.9. The van der Waals surface area contributed by atoms with E-state index in [-0.39, 0.29) is 6.61 Å². The van der Waals surface area contributed by atoms with Gasteiger partial charge in [0.25, 0.3) is 0 Å². The molecule has 6 nitrogen and oxygen atoms in total. The van der Waals surface area contributed by atoms with Crippen molar-refractivity contribution >= 4 is 34.1 Å². The average molecular weight is 699 g/mol. The lowest BCUT2D eigenvalue weighted by molar-refractivity contribution is 0.282. The molecule has 264 valence electrons. The first-order chi connectivity index (χ1) is 26.0. The molecule has 0 saturated carbocycles. The minimum absolute atomic E-state index is 0.0120. The quantitative estimate of drug-likeness (QED) is 0.129. The fraction of sp³-hybridized carbons (Fsp3) is 0.106. The Morgan fingerprint density at radius 2 is 0.585 bits per heavy atom. The van der Waals surface area contributed by atoms with Crippen LogP contribution < -0.4 is 24.0 Å². The summed E-state index contributed by atoms with van der Waals surface area (Å²) < 4.78 is 16.2. The fourth-order valence-corrected chi connectivity index (χ4v) is 6.46. The molecular weight excluding hydrogens is 657 g/mol. The predicted molar refractivity (Wildman–Crippen MR) is 216 cm³/mol. The van der Waals surface area contributed by atoms with Crippen molar-refractivity contribution in [2.75, 3.05) is 31.1 Å². The van der Waals surface area contributed by atoms with E-state index in [1.165, 1.54) is 11.1 Å². The first-order valence-corrected chi connectivity index (χ1v) is 17.6. The van der Waals surface area contributed by atoms with Crippen molar-refractivity contribution < 1.29 is 19.3 Å². The van der Waals surface area contributed by atoms with Crippen LogP contribution in [-0.4, -0.2) is 26.4 Å². The van der Waals surface area contributed by atoms with Crippen LogP contribution in [0.3, 0.4) is 0 Å². The van der Waals surface area contributed by atoms with E-state index in [0.29, 0.717) is 0 Å². The van der Waals surface area contributed by atoms with Crippen LogP contribution in [0.2, 0.25) is 0 Å². The van der Waals surface area contributed by atoms with Crippen LogP contribution in [0.15, 0.2) is 170 Å². The van der Waals surface area contributed by atoms with Gasteiger partial charge in [0.1, 0.15) is 17.2 Å². The van der Waals surface area contributed by atoms with Crippen molar-refractivity contribution in [2.24, 2.45) is 0 Å². The van der Waals surface area contributed by atoms with Gasteiger partial charge in [0.2, 0.25) is 0 Å². The summed E-state index contributed by atoms with van der Waals surface area (Å²) in [6.07, 6.45) is 0.830. The smallest absolute Gasteiger partial charge is 0.119 e. The maximum Gasteiger partial charge on any atom is 0.119 e. The molecule has 0 fully saturated rings. The summed E-state index contributed by atoms with van der Waals surface area (Å²) in [6, 6.07) is 58.4. The second-order valence-electron chi connectivity index (χ2n) is 12.7. The molecule has 7 aromatic carbocycles. The highest BCUT2D eigenvalue weighted by atomic mass is 16.5. The van der Waals surface area contributed by atoms with Gasteiger partial charge in [0.05, 0.1) is 27.9 Å². The highest BCUT2D eigenvalue weighted by molar-refractivity contribution is 5.79. The van der Waals surface area contributed by atoms with Crippen molar-refractivity contribution in [3.8, 4) is 28.4 Å². The monoisotopic (exact) mass is 698 g/mol. The Kier molecular flexibility index (Phi) is 10.7. The normalized spacial score (nSPS) is 10.8. The number of methoxy groups -OCH3 is 3. The summed E-state index contributed by atoms with van der Waals surface area (Å²) in [7, 11) is 5.03. The second-order valence-corrected chi connectivity index (χ2v) is 12.7.